The van der Waals surface area contributed by atoms with Gasteiger partial charge in [-0.05, 0) is 40.9 Å². The third-order valence-electron chi connectivity index (χ3n) is 9.99. The first-order chi connectivity index (χ1) is 18.9. The van der Waals surface area contributed by atoms with E-state index in [1.807, 2.05) is 36.0 Å². The van der Waals surface area contributed by atoms with Crippen LogP contribution in [0, 0.1) is 22.7 Å². The lowest BCUT2D eigenvalue weighted by Gasteiger charge is -2.42. The van der Waals surface area contributed by atoms with E-state index in [1.54, 1.807) is 0 Å². The Morgan fingerprint density at radius 2 is 1.32 bits per heavy atom. The van der Waals surface area contributed by atoms with Crippen LogP contribution in [0.1, 0.15) is 62.3 Å². The summed E-state index contributed by atoms with van der Waals surface area (Å²) in [6, 6.07) is 30.9. The van der Waals surface area contributed by atoms with Crippen LogP contribution in [0.3, 0.4) is 0 Å². The number of fused-ring (bicyclic) bond motifs is 2. The van der Waals surface area contributed by atoms with E-state index in [1.165, 1.54) is 11.1 Å². The molecule has 1 N–H and O–H groups in total. The maximum absolute atomic E-state index is 14.2. The van der Waals surface area contributed by atoms with Gasteiger partial charge in [-0.2, -0.15) is 0 Å². The van der Waals surface area contributed by atoms with Gasteiger partial charge in [0.05, 0.1) is 13.6 Å². The standard InChI is InChI=1S/C36H44O3Si/c1-35(2)29-22-23-36(35,3)33(31(29)30(25-16-10-7-11-17-25)26-18-12-8-13-19-26)39-34(38)28(24-40(4,5)6)32(37)27-20-14-9-15-21-27/h7-21,24,29-33,37H,22-23H2,1-6H3/b28-24-/t29-,31+,32+,33-,36+/m1/s1. The van der Waals surface area contributed by atoms with Crippen LogP contribution in [0.5, 0.6) is 0 Å². The largest absolute Gasteiger partial charge is 0.458 e. The van der Waals surface area contributed by atoms with E-state index in [2.05, 4.69) is 101 Å². The molecule has 2 aliphatic rings. The van der Waals surface area contributed by atoms with Crippen molar-refractivity contribution >= 4 is 14.0 Å². The van der Waals surface area contributed by atoms with Gasteiger partial charge in [-0.15, -0.1) is 0 Å². The molecule has 3 aromatic carbocycles. The number of aliphatic hydroxyl groups is 1. The van der Waals surface area contributed by atoms with E-state index >= 15 is 0 Å². The molecule has 0 saturated heterocycles. The highest BCUT2D eigenvalue weighted by atomic mass is 28.3. The summed E-state index contributed by atoms with van der Waals surface area (Å²) in [5.41, 5.74) is 5.47. The smallest absolute Gasteiger partial charge is 0.336 e. The SMILES string of the molecule is CC1(C)[C@@H]2CC[C@@]1(C)[C@H](OC(=O)/C(=C\[Si](C)(C)C)[C@@H](O)c1ccccc1)[C@@H]2C(c1ccccc1)c1ccccc1. The summed E-state index contributed by atoms with van der Waals surface area (Å²) in [5, 5.41) is 11.5. The highest BCUT2D eigenvalue weighted by Gasteiger charge is 2.69. The molecule has 0 amide bonds. The number of rotatable bonds is 8. The van der Waals surface area contributed by atoms with E-state index in [-0.39, 0.29) is 34.7 Å². The molecule has 0 aromatic heterocycles. The lowest BCUT2D eigenvalue weighted by atomic mass is 9.68. The lowest BCUT2D eigenvalue weighted by Crippen LogP contribution is -2.43. The predicted octanol–water partition coefficient (Wildman–Crippen LogP) is 8.34. The number of hydrogen-bond acceptors (Lipinski definition) is 3. The number of ether oxygens (including phenoxy) is 1. The summed E-state index contributed by atoms with van der Waals surface area (Å²) in [6.07, 6.45) is 0.872. The van der Waals surface area contributed by atoms with Gasteiger partial charge >= 0.3 is 5.97 Å². The van der Waals surface area contributed by atoms with Crippen molar-refractivity contribution in [2.45, 2.75) is 71.4 Å². The van der Waals surface area contributed by atoms with E-state index in [0.717, 1.165) is 12.8 Å². The number of carbonyl (C=O) groups is 1. The molecule has 5 atom stereocenters. The second kappa shape index (κ2) is 10.8. The molecule has 0 radical (unpaired) electrons. The highest BCUT2D eigenvalue weighted by Crippen LogP contribution is 2.71. The normalized spacial score (nSPS) is 26.6. The fourth-order valence-electron chi connectivity index (χ4n) is 7.67. The Kier molecular flexibility index (Phi) is 7.71. The van der Waals surface area contributed by atoms with Crippen LogP contribution in [0.15, 0.2) is 102 Å². The van der Waals surface area contributed by atoms with Gasteiger partial charge in [0.15, 0.2) is 0 Å². The molecule has 210 valence electrons. The Bertz CT molecular complexity index is 1300. The quantitative estimate of drug-likeness (QED) is 0.174. The first-order valence-corrected chi connectivity index (χ1v) is 18.3. The molecule has 0 aliphatic heterocycles. The van der Waals surface area contributed by atoms with E-state index in [0.29, 0.717) is 17.1 Å². The van der Waals surface area contributed by atoms with Gasteiger partial charge in [0, 0.05) is 17.3 Å². The van der Waals surface area contributed by atoms with Gasteiger partial charge in [-0.1, -0.05) is 137 Å². The monoisotopic (exact) mass is 552 g/mol. The first-order valence-electron chi connectivity index (χ1n) is 14.7. The molecule has 0 heterocycles. The summed E-state index contributed by atoms with van der Waals surface area (Å²) < 4.78 is 6.73. The fourth-order valence-corrected chi connectivity index (χ4v) is 8.88. The van der Waals surface area contributed by atoms with Crippen molar-refractivity contribution < 1.29 is 14.6 Å². The van der Waals surface area contributed by atoms with Crippen LogP contribution in [-0.4, -0.2) is 25.3 Å². The topological polar surface area (TPSA) is 46.5 Å². The first kappa shape index (κ1) is 28.6. The Morgan fingerprint density at radius 1 is 0.850 bits per heavy atom. The summed E-state index contributed by atoms with van der Waals surface area (Å²) in [7, 11) is -1.87. The van der Waals surface area contributed by atoms with Crippen molar-refractivity contribution in [3.8, 4) is 0 Å². The maximum Gasteiger partial charge on any atom is 0.336 e. The zero-order valence-electron chi connectivity index (χ0n) is 24.8. The van der Waals surface area contributed by atoms with E-state index in [4.69, 9.17) is 4.74 Å². The molecule has 5 rings (SSSR count). The minimum atomic E-state index is -1.87. The third kappa shape index (κ3) is 5.12. The van der Waals surface area contributed by atoms with Crippen LogP contribution >= 0.6 is 0 Å². The summed E-state index contributed by atoms with van der Waals surface area (Å²) in [6.45, 7) is 13.6. The number of benzene rings is 3. The summed E-state index contributed by atoms with van der Waals surface area (Å²) in [4.78, 5) is 14.2. The number of carbonyl (C=O) groups excluding carboxylic acids is 1. The molecule has 0 spiro atoms. The minimum absolute atomic E-state index is 0.00508. The van der Waals surface area contributed by atoms with Crippen LogP contribution in [0.4, 0.5) is 0 Å². The zero-order chi connectivity index (χ0) is 28.7. The van der Waals surface area contributed by atoms with Crippen LogP contribution < -0.4 is 0 Å². The third-order valence-corrected chi connectivity index (χ3v) is 11.2. The molecule has 2 aliphatic carbocycles. The number of esters is 1. The highest BCUT2D eigenvalue weighted by molar-refractivity contribution is 6.81. The van der Waals surface area contributed by atoms with Crippen LogP contribution in [0.25, 0.3) is 0 Å². The average molecular weight is 553 g/mol. The molecule has 4 heteroatoms. The van der Waals surface area contributed by atoms with Crippen molar-refractivity contribution in [1.82, 2.24) is 0 Å². The molecule has 2 saturated carbocycles. The fraction of sp³-hybridized carbons (Fsp3) is 0.417. The summed E-state index contributed by atoms with van der Waals surface area (Å²) >= 11 is 0. The maximum atomic E-state index is 14.2. The zero-order valence-corrected chi connectivity index (χ0v) is 25.8. The molecular formula is C36H44O3Si. The molecule has 2 bridgehead atoms. The van der Waals surface area contributed by atoms with Crippen LogP contribution in [0.2, 0.25) is 19.6 Å². The van der Waals surface area contributed by atoms with E-state index < -0.39 is 14.2 Å². The molecule has 40 heavy (non-hydrogen) atoms. The van der Waals surface area contributed by atoms with Gasteiger partial charge in [0.25, 0.3) is 0 Å². The van der Waals surface area contributed by atoms with Crippen molar-refractivity contribution in [3.05, 3.63) is 119 Å². The Hall–Kier alpha value is -2.95. The molecule has 2 fully saturated rings. The van der Waals surface area contributed by atoms with Gasteiger partial charge in [0.2, 0.25) is 0 Å². The average Bonchev–Trinajstić information content (AvgIpc) is 3.26. The Balaban J connectivity index is 1.59. The lowest BCUT2D eigenvalue weighted by molar-refractivity contribution is -0.157. The Morgan fingerprint density at radius 3 is 1.80 bits per heavy atom. The molecule has 0 unspecified atom stereocenters. The second-order valence-corrected chi connectivity index (χ2v) is 18.8. The Labute approximate surface area is 241 Å². The molecule has 3 nitrogen and oxygen atoms in total. The van der Waals surface area contributed by atoms with Gasteiger partial charge in [0.1, 0.15) is 12.2 Å². The van der Waals surface area contributed by atoms with Gasteiger partial charge in [-0.3, -0.25) is 0 Å². The number of hydrogen-bond donors (Lipinski definition) is 1. The van der Waals surface area contributed by atoms with Crippen molar-refractivity contribution in [2.24, 2.45) is 22.7 Å². The van der Waals surface area contributed by atoms with Crippen molar-refractivity contribution in [1.29, 1.82) is 0 Å². The predicted molar refractivity (Wildman–Crippen MR) is 166 cm³/mol. The van der Waals surface area contributed by atoms with Crippen molar-refractivity contribution in [3.63, 3.8) is 0 Å². The summed E-state index contributed by atoms with van der Waals surface area (Å²) in [5.74, 6) is 0.266. The molecular weight excluding hydrogens is 508 g/mol. The van der Waals surface area contributed by atoms with Crippen LogP contribution in [-0.2, 0) is 9.53 Å². The minimum Gasteiger partial charge on any atom is -0.458 e. The molecule has 3 aromatic rings. The van der Waals surface area contributed by atoms with Gasteiger partial charge in [-0.25, -0.2) is 4.79 Å². The van der Waals surface area contributed by atoms with Gasteiger partial charge < -0.3 is 9.84 Å². The van der Waals surface area contributed by atoms with E-state index in [9.17, 15) is 9.90 Å². The number of aliphatic hydroxyl groups excluding tert-OH is 1. The second-order valence-electron chi connectivity index (χ2n) is 13.8. The van der Waals surface area contributed by atoms with Crippen molar-refractivity contribution in [2.75, 3.05) is 0 Å².